The van der Waals surface area contributed by atoms with E-state index in [2.05, 4.69) is 51.9 Å². The first-order chi connectivity index (χ1) is 13.6. The summed E-state index contributed by atoms with van der Waals surface area (Å²) in [6.07, 6.45) is 7.67. The topological polar surface area (TPSA) is 78.5 Å². The summed E-state index contributed by atoms with van der Waals surface area (Å²) in [4.78, 5) is 18.9. The molecule has 0 fully saturated rings. The second-order valence-corrected chi connectivity index (χ2v) is 7.01. The largest absolute Gasteiger partial charge is 0.466 e. The maximum absolute atomic E-state index is 11.3. The first-order valence-corrected chi connectivity index (χ1v) is 10.3. The van der Waals surface area contributed by atoms with Crippen LogP contribution < -0.4 is 10.6 Å². The zero-order chi connectivity index (χ0) is 20.2. The molecule has 0 aliphatic carbocycles. The summed E-state index contributed by atoms with van der Waals surface area (Å²) in [6.45, 7) is 6.13. The average molecular weight is 514 g/mol. The predicted octanol–water partition coefficient (Wildman–Crippen LogP) is 4.32. The van der Waals surface area contributed by atoms with Crippen molar-refractivity contribution in [1.82, 2.24) is 15.6 Å². The van der Waals surface area contributed by atoms with Gasteiger partial charge in [-0.3, -0.25) is 9.79 Å². The van der Waals surface area contributed by atoms with Crippen LogP contribution in [-0.2, 0) is 16.0 Å². The Balaban J connectivity index is 0.00000420. The molecule has 0 unspecified atom stereocenters. The molecule has 0 bridgehead atoms. The van der Waals surface area contributed by atoms with Crippen molar-refractivity contribution in [3.8, 4) is 0 Å². The van der Waals surface area contributed by atoms with Crippen molar-refractivity contribution in [1.29, 1.82) is 0 Å². The van der Waals surface area contributed by atoms with Gasteiger partial charge in [-0.1, -0.05) is 25.0 Å². The van der Waals surface area contributed by atoms with E-state index in [9.17, 15) is 4.79 Å². The number of guanidine groups is 1. The Bertz CT molecular complexity index is 773. The molecule has 6 nitrogen and oxygen atoms in total. The molecule has 0 saturated carbocycles. The monoisotopic (exact) mass is 514 g/mol. The van der Waals surface area contributed by atoms with Gasteiger partial charge in [0.2, 0.25) is 0 Å². The maximum Gasteiger partial charge on any atom is 0.305 e. The van der Waals surface area contributed by atoms with Gasteiger partial charge in [0.05, 0.1) is 6.61 Å². The number of carbonyl (C=O) groups is 1. The molecule has 1 heterocycles. The first kappa shape index (κ1) is 25.3. The van der Waals surface area contributed by atoms with Crippen molar-refractivity contribution in [2.45, 2.75) is 52.4 Å². The molecule has 1 aromatic carbocycles. The number of halogens is 1. The predicted molar refractivity (Wildman–Crippen MR) is 131 cm³/mol. The summed E-state index contributed by atoms with van der Waals surface area (Å²) >= 11 is 0. The Labute approximate surface area is 191 Å². The number of aromatic nitrogens is 1. The number of ether oxygens (including phenoxy) is 1. The number of benzene rings is 1. The number of aryl methyl sites for hydroxylation is 1. The fourth-order valence-electron chi connectivity index (χ4n) is 3.23. The average Bonchev–Trinajstić information content (AvgIpc) is 3.08. The fourth-order valence-corrected chi connectivity index (χ4v) is 3.23. The summed E-state index contributed by atoms with van der Waals surface area (Å²) < 4.78 is 4.93. The van der Waals surface area contributed by atoms with Crippen LogP contribution in [0.5, 0.6) is 0 Å². The number of H-pyrrole nitrogens is 1. The molecule has 29 heavy (non-hydrogen) atoms. The van der Waals surface area contributed by atoms with Gasteiger partial charge >= 0.3 is 5.97 Å². The quantitative estimate of drug-likeness (QED) is 0.137. The van der Waals surface area contributed by atoms with Gasteiger partial charge in [-0.25, -0.2) is 0 Å². The van der Waals surface area contributed by atoms with Crippen molar-refractivity contribution < 1.29 is 9.53 Å². The Morgan fingerprint density at radius 2 is 1.90 bits per heavy atom. The molecular formula is C22H35IN4O2. The van der Waals surface area contributed by atoms with Gasteiger partial charge in [0.15, 0.2) is 5.96 Å². The summed E-state index contributed by atoms with van der Waals surface area (Å²) in [6, 6.07) is 6.52. The molecule has 7 heteroatoms. The number of unbranched alkanes of at least 4 members (excludes halogenated alkanes) is 3. The van der Waals surface area contributed by atoms with Crippen LogP contribution >= 0.6 is 24.0 Å². The van der Waals surface area contributed by atoms with Crippen molar-refractivity contribution in [2.24, 2.45) is 4.99 Å². The molecule has 0 aliphatic rings. The minimum Gasteiger partial charge on any atom is -0.466 e. The maximum atomic E-state index is 11.3. The number of aliphatic imine (C=N–C) groups is 1. The number of aromatic amines is 1. The minimum atomic E-state index is -0.0874. The van der Waals surface area contributed by atoms with Gasteiger partial charge in [0.1, 0.15) is 0 Å². The van der Waals surface area contributed by atoms with Crippen LogP contribution in [0.4, 0.5) is 0 Å². The smallest absolute Gasteiger partial charge is 0.305 e. The summed E-state index contributed by atoms with van der Waals surface area (Å²) in [7, 11) is 1.79. The highest BCUT2D eigenvalue weighted by atomic mass is 127. The number of nitrogens with zero attached hydrogens (tertiary/aromatic N) is 1. The van der Waals surface area contributed by atoms with Crippen molar-refractivity contribution >= 4 is 46.8 Å². The third-order valence-corrected chi connectivity index (χ3v) is 4.74. The normalized spacial score (nSPS) is 11.2. The second-order valence-electron chi connectivity index (χ2n) is 7.01. The third kappa shape index (κ3) is 9.06. The lowest BCUT2D eigenvalue weighted by atomic mass is 10.1. The lowest BCUT2D eigenvalue weighted by Crippen LogP contribution is -2.38. The molecule has 0 amide bonds. The number of carbonyl (C=O) groups excluding carboxylic acids is 1. The second kappa shape index (κ2) is 14.3. The molecule has 1 aromatic heterocycles. The highest BCUT2D eigenvalue weighted by molar-refractivity contribution is 14.0. The van der Waals surface area contributed by atoms with Crippen LogP contribution in [0.25, 0.3) is 10.9 Å². The summed E-state index contributed by atoms with van der Waals surface area (Å²) in [5.41, 5.74) is 3.78. The fraction of sp³-hybridized carbons (Fsp3) is 0.545. The minimum absolute atomic E-state index is 0. The van der Waals surface area contributed by atoms with Crippen LogP contribution in [0.3, 0.4) is 0 Å². The van der Waals surface area contributed by atoms with Crippen LogP contribution in [0, 0.1) is 6.92 Å². The van der Waals surface area contributed by atoms with Gasteiger partial charge in [-0.2, -0.15) is 0 Å². The molecule has 0 spiro atoms. The zero-order valence-corrected chi connectivity index (χ0v) is 20.2. The zero-order valence-electron chi connectivity index (χ0n) is 17.8. The van der Waals surface area contributed by atoms with E-state index in [-0.39, 0.29) is 29.9 Å². The summed E-state index contributed by atoms with van der Waals surface area (Å²) in [5.74, 6) is 0.748. The van der Waals surface area contributed by atoms with Gasteiger partial charge in [0.25, 0.3) is 0 Å². The third-order valence-electron chi connectivity index (χ3n) is 4.74. The van der Waals surface area contributed by atoms with Crippen molar-refractivity contribution in [2.75, 3.05) is 26.7 Å². The number of rotatable bonds is 11. The van der Waals surface area contributed by atoms with E-state index in [1.54, 1.807) is 7.05 Å². The van der Waals surface area contributed by atoms with E-state index in [1.165, 1.54) is 22.0 Å². The SMILES string of the molecule is CCOC(=O)CCCCCCNC(=NC)NCCc1c[nH]c2cc(C)ccc12.I. The first-order valence-electron chi connectivity index (χ1n) is 10.3. The Hall–Kier alpha value is -1.77. The number of nitrogens with one attached hydrogen (secondary N) is 3. The highest BCUT2D eigenvalue weighted by Gasteiger charge is 2.05. The van der Waals surface area contributed by atoms with E-state index in [0.717, 1.165) is 51.2 Å². The molecule has 0 atom stereocenters. The molecule has 0 saturated heterocycles. The molecular weight excluding hydrogens is 479 g/mol. The number of hydrogen-bond acceptors (Lipinski definition) is 3. The van der Waals surface area contributed by atoms with Crippen LogP contribution in [-0.4, -0.2) is 43.7 Å². The van der Waals surface area contributed by atoms with Gasteiger partial charge < -0.3 is 20.4 Å². The van der Waals surface area contributed by atoms with Gasteiger partial charge in [0, 0.05) is 43.7 Å². The molecule has 3 N–H and O–H groups in total. The molecule has 0 aliphatic heterocycles. The van der Waals surface area contributed by atoms with Crippen molar-refractivity contribution in [3.05, 3.63) is 35.5 Å². The van der Waals surface area contributed by atoms with Gasteiger partial charge in [-0.15, -0.1) is 24.0 Å². The van der Waals surface area contributed by atoms with Crippen LogP contribution in [0.2, 0.25) is 0 Å². The molecule has 2 rings (SSSR count). The standard InChI is InChI=1S/C22H34N4O2.HI/c1-4-28-21(27)9-7-5-6-8-13-24-22(23-3)25-14-12-18-16-26-20-15-17(2)10-11-19(18)20;/h10-11,15-16,26H,4-9,12-14H2,1-3H3,(H2,23,24,25);1H. The lowest BCUT2D eigenvalue weighted by Gasteiger charge is -2.11. The molecule has 162 valence electrons. The van der Waals surface area contributed by atoms with Gasteiger partial charge in [-0.05, 0) is 50.3 Å². The number of fused-ring (bicyclic) bond motifs is 1. The van der Waals surface area contributed by atoms with E-state index < -0.39 is 0 Å². The highest BCUT2D eigenvalue weighted by Crippen LogP contribution is 2.19. The van der Waals surface area contributed by atoms with Crippen molar-refractivity contribution in [3.63, 3.8) is 0 Å². The molecule has 0 radical (unpaired) electrons. The molecule has 2 aromatic rings. The summed E-state index contributed by atoms with van der Waals surface area (Å²) in [5, 5.41) is 8.02. The van der Waals surface area contributed by atoms with E-state index in [1.807, 2.05) is 6.92 Å². The van der Waals surface area contributed by atoms with Crippen LogP contribution in [0.15, 0.2) is 29.4 Å². The number of hydrogen-bond donors (Lipinski definition) is 3. The van der Waals surface area contributed by atoms with E-state index in [4.69, 9.17) is 4.74 Å². The Morgan fingerprint density at radius 1 is 1.14 bits per heavy atom. The van der Waals surface area contributed by atoms with E-state index >= 15 is 0 Å². The Morgan fingerprint density at radius 3 is 2.66 bits per heavy atom. The lowest BCUT2D eigenvalue weighted by molar-refractivity contribution is -0.143. The van der Waals surface area contributed by atoms with E-state index in [0.29, 0.717) is 13.0 Å². The van der Waals surface area contributed by atoms with Crippen LogP contribution in [0.1, 0.15) is 50.2 Å². The Kier molecular flexibility index (Phi) is 12.4. The number of esters is 1.